The van der Waals surface area contributed by atoms with Gasteiger partial charge in [0.1, 0.15) is 0 Å². The fourth-order valence-corrected chi connectivity index (χ4v) is 4.93. The first-order valence-electron chi connectivity index (χ1n) is 6.92. The zero-order valence-electron chi connectivity index (χ0n) is 10.1. The third kappa shape index (κ3) is 1.41. The minimum absolute atomic E-state index is 0.450. The van der Waals surface area contributed by atoms with Crippen molar-refractivity contribution in [1.29, 1.82) is 0 Å². The Morgan fingerprint density at radius 1 is 1.12 bits per heavy atom. The molecule has 0 radical (unpaired) electrons. The van der Waals surface area contributed by atoms with Crippen molar-refractivity contribution < 1.29 is 5.11 Å². The number of nitrogens with zero attached hydrogens (tertiary/aromatic N) is 2. The van der Waals surface area contributed by atoms with E-state index in [1.54, 1.807) is 6.20 Å². The summed E-state index contributed by atoms with van der Waals surface area (Å²) < 4.78 is 2.06. The lowest BCUT2D eigenvalue weighted by molar-refractivity contribution is -0.180. The van der Waals surface area contributed by atoms with E-state index in [1.165, 1.54) is 32.1 Å². The molecule has 4 fully saturated rings. The molecule has 0 unspecified atom stereocenters. The first-order valence-corrected chi connectivity index (χ1v) is 6.92. The van der Waals surface area contributed by atoms with E-state index in [-0.39, 0.29) is 0 Å². The third-order valence-corrected chi connectivity index (χ3v) is 5.55. The molecule has 0 amide bonds. The molecule has 0 saturated heterocycles. The molecule has 1 heterocycles. The average molecular weight is 232 g/mol. The number of aromatic nitrogens is 2. The largest absolute Gasteiger partial charge is 0.387 e. The topological polar surface area (TPSA) is 38.0 Å². The van der Waals surface area contributed by atoms with Crippen molar-refractivity contribution in [3.05, 3.63) is 18.7 Å². The molecule has 4 bridgehead atoms. The number of hydrogen-bond donors (Lipinski definition) is 1. The van der Waals surface area contributed by atoms with Gasteiger partial charge >= 0.3 is 0 Å². The molecule has 0 atom stereocenters. The predicted octanol–water partition coefficient (Wildman–Crippen LogP) is 2.07. The van der Waals surface area contributed by atoms with Gasteiger partial charge in [-0.2, -0.15) is 0 Å². The van der Waals surface area contributed by atoms with Gasteiger partial charge in [0, 0.05) is 12.4 Å². The highest BCUT2D eigenvalue weighted by Crippen LogP contribution is 2.58. The summed E-state index contributed by atoms with van der Waals surface area (Å²) in [7, 11) is 0. The highest BCUT2D eigenvalue weighted by molar-refractivity contribution is 5.07. The van der Waals surface area contributed by atoms with Gasteiger partial charge in [-0.25, -0.2) is 4.98 Å². The molecule has 4 saturated carbocycles. The van der Waals surface area contributed by atoms with E-state index in [9.17, 15) is 5.11 Å². The molecule has 0 spiro atoms. The van der Waals surface area contributed by atoms with E-state index < -0.39 is 5.60 Å². The van der Waals surface area contributed by atoms with Crippen LogP contribution < -0.4 is 0 Å². The molecular formula is C14H20N2O. The maximum absolute atomic E-state index is 11.1. The second kappa shape index (κ2) is 3.35. The van der Waals surface area contributed by atoms with Gasteiger partial charge in [-0.15, -0.1) is 0 Å². The fraction of sp³-hybridized carbons (Fsp3) is 0.786. The van der Waals surface area contributed by atoms with Crippen molar-refractivity contribution in [1.82, 2.24) is 9.55 Å². The number of imidazole rings is 1. The Morgan fingerprint density at radius 3 is 2.29 bits per heavy atom. The summed E-state index contributed by atoms with van der Waals surface area (Å²) in [6.07, 6.45) is 12.1. The van der Waals surface area contributed by atoms with E-state index in [4.69, 9.17) is 0 Å². The van der Waals surface area contributed by atoms with Gasteiger partial charge in [0.25, 0.3) is 0 Å². The highest BCUT2D eigenvalue weighted by atomic mass is 16.3. The Balaban J connectivity index is 1.64. The van der Waals surface area contributed by atoms with E-state index in [0.717, 1.165) is 18.4 Å². The minimum atomic E-state index is -0.450. The summed E-state index contributed by atoms with van der Waals surface area (Å²) in [5.41, 5.74) is -0.450. The van der Waals surface area contributed by atoms with Crippen LogP contribution in [0.5, 0.6) is 0 Å². The molecule has 4 aliphatic rings. The zero-order valence-corrected chi connectivity index (χ0v) is 10.1. The maximum atomic E-state index is 11.1. The van der Waals surface area contributed by atoms with E-state index in [2.05, 4.69) is 9.55 Å². The first kappa shape index (κ1) is 10.1. The monoisotopic (exact) mass is 232 g/mol. The van der Waals surface area contributed by atoms with E-state index >= 15 is 0 Å². The first-order chi connectivity index (χ1) is 8.24. The molecule has 1 aromatic rings. The molecule has 5 rings (SSSR count). The molecule has 1 aromatic heterocycles. The van der Waals surface area contributed by atoms with Gasteiger partial charge in [-0.3, -0.25) is 0 Å². The molecule has 92 valence electrons. The normalized spacial score (nSPS) is 47.6. The molecule has 3 heteroatoms. The summed E-state index contributed by atoms with van der Waals surface area (Å²) in [6, 6.07) is 0. The summed E-state index contributed by atoms with van der Waals surface area (Å²) in [5, 5.41) is 11.1. The van der Waals surface area contributed by atoms with Crippen LogP contribution in [0.1, 0.15) is 32.1 Å². The van der Waals surface area contributed by atoms with Crippen LogP contribution in [0.4, 0.5) is 0 Å². The maximum Gasteiger partial charge on any atom is 0.0946 e. The fourth-order valence-electron chi connectivity index (χ4n) is 4.93. The van der Waals surface area contributed by atoms with E-state index in [0.29, 0.717) is 11.8 Å². The van der Waals surface area contributed by atoms with Crippen LogP contribution in [0.25, 0.3) is 0 Å². The average Bonchev–Trinajstić information content (AvgIpc) is 2.78. The lowest BCUT2D eigenvalue weighted by atomic mass is 9.50. The SMILES string of the molecule is OC1(Cn2ccnc2)C2CC3CC(C2)CC1C3. The Bertz CT molecular complexity index is 384. The second-order valence-electron chi connectivity index (χ2n) is 6.53. The summed E-state index contributed by atoms with van der Waals surface area (Å²) >= 11 is 0. The molecular weight excluding hydrogens is 212 g/mol. The van der Waals surface area contributed by atoms with Crippen molar-refractivity contribution in [2.24, 2.45) is 23.7 Å². The van der Waals surface area contributed by atoms with Crippen LogP contribution in [0.2, 0.25) is 0 Å². The Kier molecular flexibility index (Phi) is 1.99. The van der Waals surface area contributed by atoms with Crippen molar-refractivity contribution in [3.63, 3.8) is 0 Å². The van der Waals surface area contributed by atoms with Gasteiger partial charge in [0.15, 0.2) is 0 Å². The van der Waals surface area contributed by atoms with Crippen molar-refractivity contribution in [2.75, 3.05) is 0 Å². The second-order valence-corrected chi connectivity index (χ2v) is 6.53. The summed E-state index contributed by atoms with van der Waals surface area (Å²) in [6.45, 7) is 0.752. The molecule has 0 aromatic carbocycles. The Labute approximate surface area is 102 Å². The summed E-state index contributed by atoms with van der Waals surface area (Å²) in [5.74, 6) is 2.92. The third-order valence-electron chi connectivity index (χ3n) is 5.55. The smallest absolute Gasteiger partial charge is 0.0946 e. The van der Waals surface area contributed by atoms with Gasteiger partial charge in [0.2, 0.25) is 0 Å². The van der Waals surface area contributed by atoms with Crippen LogP contribution in [0.15, 0.2) is 18.7 Å². The molecule has 4 aliphatic carbocycles. The van der Waals surface area contributed by atoms with Crippen LogP contribution in [-0.4, -0.2) is 20.3 Å². The van der Waals surface area contributed by atoms with Crippen LogP contribution in [0, 0.1) is 23.7 Å². The minimum Gasteiger partial charge on any atom is -0.387 e. The van der Waals surface area contributed by atoms with Crippen molar-refractivity contribution in [2.45, 2.75) is 44.2 Å². The van der Waals surface area contributed by atoms with Gasteiger partial charge in [0.05, 0.1) is 18.5 Å². The highest BCUT2D eigenvalue weighted by Gasteiger charge is 2.56. The van der Waals surface area contributed by atoms with Crippen LogP contribution in [-0.2, 0) is 6.54 Å². The number of aliphatic hydroxyl groups is 1. The summed E-state index contributed by atoms with van der Waals surface area (Å²) in [4.78, 5) is 4.09. The lowest BCUT2D eigenvalue weighted by Gasteiger charge is -2.59. The van der Waals surface area contributed by atoms with Crippen LogP contribution in [0.3, 0.4) is 0 Å². The van der Waals surface area contributed by atoms with Crippen molar-refractivity contribution in [3.8, 4) is 0 Å². The molecule has 1 N–H and O–H groups in total. The zero-order chi connectivity index (χ0) is 11.5. The quantitative estimate of drug-likeness (QED) is 0.847. The molecule has 3 nitrogen and oxygen atoms in total. The predicted molar refractivity (Wildman–Crippen MR) is 64.2 cm³/mol. The molecule has 0 aliphatic heterocycles. The van der Waals surface area contributed by atoms with E-state index in [1.807, 2.05) is 12.5 Å². The number of rotatable bonds is 2. The lowest BCUT2D eigenvalue weighted by Crippen LogP contribution is -2.59. The van der Waals surface area contributed by atoms with Gasteiger partial charge in [-0.1, -0.05) is 0 Å². The van der Waals surface area contributed by atoms with Gasteiger partial charge < -0.3 is 9.67 Å². The Hall–Kier alpha value is -0.830. The van der Waals surface area contributed by atoms with Crippen LogP contribution >= 0.6 is 0 Å². The Morgan fingerprint density at radius 2 is 1.76 bits per heavy atom. The standard InChI is InChI=1S/C14H20N2O/c17-14(8-16-2-1-15-9-16)12-4-10-3-11(6-12)7-13(14)5-10/h1-2,9-13,17H,3-8H2. The molecule has 17 heavy (non-hydrogen) atoms. The van der Waals surface area contributed by atoms with Crippen molar-refractivity contribution >= 4 is 0 Å². The number of hydrogen-bond acceptors (Lipinski definition) is 2. The van der Waals surface area contributed by atoms with Gasteiger partial charge in [-0.05, 0) is 55.8 Å².